The van der Waals surface area contributed by atoms with Crippen molar-refractivity contribution in [3.8, 4) is 5.75 Å². The lowest BCUT2D eigenvalue weighted by molar-refractivity contribution is -0.122. The smallest absolute Gasteiger partial charge is 0.231 e. The van der Waals surface area contributed by atoms with E-state index >= 15 is 0 Å². The summed E-state index contributed by atoms with van der Waals surface area (Å²) in [4.78, 5) is 30.4. The summed E-state index contributed by atoms with van der Waals surface area (Å²) in [5, 5.41) is 2.73. The summed E-state index contributed by atoms with van der Waals surface area (Å²) < 4.78 is 19.8. The first kappa shape index (κ1) is 18.8. The zero-order valence-electron chi connectivity index (χ0n) is 15.5. The van der Waals surface area contributed by atoms with Gasteiger partial charge in [0.1, 0.15) is 5.82 Å². The maximum absolute atomic E-state index is 14.2. The molecule has 1 aliphatic rings. The van der Waals surface area contributed by atoms with Crippen molar-refractivity contribution in [2.45, 2.75) is 33.3 Å². The monoisotopic (exact) mass is 371 g/mol. The van der Waals surface area contributed by atoms with Crippen molar-refractivity contribution in [3.05, 3.63) is 47.9 Å². The van der Waals surface area contributed by atoms with E-state index in [1.807, 2.05) is 13.8 Å². The van der Waals surface area contributed by atoms with E-state index in [9.17, 15) is 14.0 Å². The summed E-state index contributed by atoms with van der Waals surface area (Å²) in [5.74, 6) is -0.910. The molecule has 1 fully saturated rings. The molecule has 1 aliphatic heterocycles. The molecule has 0 aliphatic carbocycles. The van der Waals surface area contributed by atoms with Crippen molar-refractivity contribution < 1.29 is 18.7 Å². The van der Waals surface area contributed by atoms with Crippen molar-refractivity contribution in [2.75, 3.05) is 16.8 Å². The van der Waals surface area contributed by atoms with Crippen LogP contribution in [0.2, 0.25) is 0 Å². The van der Waals surface area contributed by atoms with Gasteiger partial charge in [-0.3, -0.25) is 9.59 Å². The molecule has 27 heavy (non-hydrogen) atoms. The lowest BCUT2D eigenvalue weighted by atomic mass is 10.1. The van der Waals surface area contributed by atoms with Crippen LogP contribution >= 0.6 is 0 Å². The molecule has 0 bridgehead atoms. The molecule has 0 saturated carbocycles. The van der Waals surface area contributed by atoms with Gasteiger partial charge in [-0.05, 0) is 50.6 Å². The van der Waals surface area contributed by atoms with Gasteiger partial charge in [-0.1, -0.05) is 6.07 Å². The van der Waals surface area contributed by atoms with Crippen molar-refractivity contribution in [2.24, 2.45) is 5.92 Å². The second-order valence-corrected chi connectivity index (χ2v) is 6.87. The van der Waals surface area contributed by atoms with Gasteiger partial charge in [-0.2, -0.15) is 0 Å². The van der Waals surface area contributed by atoms with Crippen LogP contribution in [0.5, 0.6) is 5.75 Å². The zero-order chi connectivity index (χ0) is 19.6. The van der Waals surface area contributed by atoms with Gasteiger partial charge in [0.2, 0.25) is 11.8 Å². The van der Waals surface area contributed by atoms with E-state index in [-0.39, 0.29) is 36.6 Å². The van der Waals surface area contributed by atoms with Gasteiger partial charge >= 0.3 is 0 Å². The first-order valence-corrected chi connectivity index (χ1v) is 8.84. The Morgan fingerprint density at radius 3 is 2.85 bits per heavy atom. The van der Waals surface area contributed by atoms with Crippen LogP contribution in [0.3, 0.4) is 0 Å². The third-order valence-corrected chi connectivity index (χ3v) is 4.26. The van der Waals surface area contributed by atoms with Crippen LogP contribution in [-0.4, -0.2) is 29.4 Å². The van der Waals surface area contributed by atoms with E-state index in [0.717, 1.165) is 5.56 Å². The number of ether oxygens (including phenoxy) is 1. The number of aromatic nitrogens is 1. The molecule has 1 saturated heterocycles. The van der Waals surface area contributed by atoms with Gasteiger partial charge in [-0.15, -0.1) is 0 Å². The Balaban J connectivity index is 1.73. The number of aryl methyl sites for hydroxylation is 1. The average Bonchev–Trinajstić information content (AvgIpc) is 2.98. The predicted molar refractivity (Wildman–Crippen MR) is 100 cm³/mol. The number of carbonyl (C=O) groups excluding carboxylic acids is 2. The molecule has 1 aromatic carbocycles. The highest BCUT2D eigenvalue weighted by Gasteiger charge is 2.36. The molecule has 7 heteroatoms. The highest BCUT2D eigenvalue weighted by molar-refractivity contribution is 6.03. The minimum Gasteiger partial charge on any atom is -0.487 e. The quantitative estimate of drug-likeness (QED) is 0.875. The Morgan fingerprint density at radius 2 is 2.15 bits per heavy atom. The Morgan fingerprint density at radius 1 is 1.37 bits per heavy atom. The number of nitrogens with one attached hydrogen (secondary N) is 1. The molecule has 0 spiro atoms. The summed E-state index contributed by atoms with van der Waals surface area (Å²) in [6.45, 7) is 5.65. The first-order valence-electron chi connectivity index (χ1n) is 8.84. The van der Waals surface area contributed by atoms with Gasteiger partial charge in [0, 0.05) is 19.2 Å². The summed E-state index contributed by atoms with van der Waals surface area (Å²) in [6.07, 6.45) is 1.50. The number of benzene rings is 1. The van der Waals surface area contributed by atoms with Crippen molar-refractivity contribution in [1.29, 1.82) is 0 Å². The molecule has 6 nitrogen and oxygen atoms in total. The third-order valence-electron chi connectivity index (χ3n) is 4.26. The van der Waals surface area contributed by atoms with E-state index in [1.165, 1.54) is 11.0 Å². The number of rotatable bonds is 5. The molecule has 0 unspecified atom stereocenters. The number of nitrogens with zero attached hydrogens (tertiary/aromatic N) is 2. The fourth-order valence-corrected chi connectivity index (χ4v) is 3.00. The average molecular weight is 371 g/mol. The van der Waals surface area contributed by atoms with Crippen LogP contribution in [0.15, 0.2) is 36.5 Å². The molecule has 142 valence electrons. The topological polar surface area (TPSA) is 71.5 Å². The third kappa shape index (κ3) is 4.24. The van der Waals surface area contributed by atoms with Gasteiger partial charge in [0.25, 0.3) is 0 Å². The van der Waals surface area contributed by atoms with Crippen LogP contribution < -0.4 is 15.0 Å². The van der Waals surface area contributed by atoms with Crippen LogP contribution in [0.4, 0.5) is 15.9 Å². The number of pyridine rings is 1. The summed E-state index contributed by atoms with van der Waals surface area (Å²) in [5.41, 5.74) is 0.965. The van der Waals surface area contributed by atoms with Crippen molar-refractivity contribution in [3.63, 3.8) is 0 Å². The fraction of sp³-hybridized carbons (Fsp3) is 0.350. The molecule has 0 radical (unpaired) electrons. The number of anilines is 2. The minimum atomic E-state index is -0.591. The maximum Gasteiger partial charge on any atom is 0.231 e. The Labute approximate surface area is 157 Å². The van der Waals surface area contributed by atoms with Crippen molar-refractivity contribution >= 4 is 23.3 Å². The standard InChI is InChI=1S/C20H22FN3O3/c1-12(2)27-17-5-4-8-22-19(17)23-20(26)14-10-18(25)24(11-14)16-7-6-13(3)9-15(16)21/h4-9,12,14H,10-11H2,1-3H3,(H,22,23,26)/t14-/m1/s1. The Bertz CT molecular complexity index is 869. The number of halogens is 1. The predicted octanol–water partition coefficient (Wildman–Crippen LogP) is 3.31. The van der Waals surface area contributed by atoms with Gasteiger partial charge in [0.15, 0.2) is 11.6 Å². The van der Waals surface area contributed by atoms with Crippen LogP contribution in [0.25, 0.3) is 0 Å². The largest absolute Gasteiger partial charge is 0.487 e. The molecule has 3 rings (SSSR count). The fourth-order valence-electron chi connectivity index (χ4n) is 3.00. The second kappa shape index (κ2) is 7.73. The molecule has 1 N–H and O–H groups in total. The Kier molecular flexibility index (Phi) is 5.39. The van der Waals surface area contributed by atoms with Crippen LogP contribution in [0, 0.1) is 18.7 Å². The van der Waals surface area contributed by atoms with E-state index in [4.69, 9.17) is 4.74 Å². The van der Waals surface area contributed by atoms with E-state index in [2.05, 4.69) is 10.3 Å². The summed E-state index contributed by atoms with van der Waals surface area (Å²) in [6, 6.07) is 8.11. The van der Waals surface area contributed by atoms with Gasteiger partial charge in [0.05, 0.1) is 17.7 Å². The van der Waals surface area contributed by atoms with E-state index < -0.39 is 11.7 Å². The second-order valence-electron chi connectivity index (χ2n) is 6.87. The minimum absolute atomic E-state index is 0.0202. The molecular weight excluding hydrogens is 349 g/mol. The van der Waals surface area contributed by atoms with Gasteiger partial charge in [-0.25, -0.2) is 9.37 Å². The number of carbonyl (C=O) groups is 2. The lowest BCUT2D eigenvalue weighted by Crippen LogP contribution is -2.29. The maximum atomic E-state index is 14.2. The highest BCUT2D eigenvalue weighted by Crippen LogP contribution is 2.29. The first-order chi connectivity index (χ1) is 12.8. The molecule has 2 aromatic rings. The van der Waals surface area contributed by atoms with E-state index in [1.54, 1.807) is 37.4 Å². The molecule has 2 heterocycles. The number of hydrogen-bond donors (Lipinski definition) is 1. The molecule has 1 atom stereocenters. The SMILES string of the molecule is Cc1ccc(N2C[C@H](C(=O)Nc3ncccc3OC(C)C)CC2=O)c(F)c1. The number of hydrogen-bond acceptors (Lipinski definition) is 4. The van der Waals surface area contributed by atoms with E-state index in [0.29, 0.717) is 11.6 Å². The van der Waals surface area contributed by atoms with Crippen LogP contribution in [0.1, 0.15) is 25.8 Å². The lowest BCUT2D eigenvalue weighted by Gasteiger charge is -2.18. The molecule has 2 amide bonds. The van der Waals surface area contributed by atoms with Gasteiger partial charge < -0.3 is 15.0 Å². The molecular formula is C20H22FN3O3. The Hall–Kier alpha value is -2.96. The molecule has 1 aromatic heterocycles. The normalized spacial score (nSPS) is 16.7. The summed E-state index contributed by atoms with van der Waals surface area (Å²) in [7, 11) is 0. The zero-order valence-corrected chi connectivity index (χ0v) is 15.5. The summed E-state index contributed by atoms with van der Waals surface area (Å²) >= 11 is 0. The number of amides is 2. The van der Waals surface area contributed by atoms with Crippen molar-refractivity contribution in [1.82, 2.24) is 4.98 Å². The highest BCUT2D eigenvalue weighted by atomic mass is 19.1. The van der Waals surface area contributed by atoms with Crippen LogP contribution in [-0.2, 0) is 9.59 Å².